The van der Waals surface area contributed by atoms with Gasteiger partial charge in [0.2, 0.25) is 0 Å². The summed E-state index contributed by atoms with van der Waals surface area (Å²) in [6.07, 6.45) is 46.6. The normalized spacial score (nSPS) is 13.5. The first kappa shape index (κ1) is 53.2. The van der Waals surface area contributed by atoms with E-state index in [4.69, 9.17) is 24.3 Å². The first-order chi connectivity index (χ1) is 26.4. The van der Waals surface area contributed by atoms with Gasteiger partial charge in [-0.2, -0.15) is 0 Å². The van der Waals surface area contributed by atoms with Gasteiger partial charge in [0, 0.05) is 19.6 Å². The minimum Gasteiger partial charge on any atom is -0.457 e. The van der Waals surface area contributed by atoms with E-state index >= 15 is 0 Å². The Bertz CT molecular complexity index is 843. The van der Waals surface area contributed by atoms with Crippen LogP contribution in [0.1, 0.15) is 232 Å². The molecule has 9 heteroatoms. The first-order valence-corrected chi connectivity index (χ1v) is 24.7. The maximum atomic E-state index is 12.6. The van der Waals surface area contributed by atoms with Crippen LogP contribution < -0.4 is 5.73 Å². The van der Waals surface area contributed by atoms with Gasteiger partial charge >= 0.3 is 13.8 Å². The second kappa shape index (κ2) is 43.4. The van der Waals surface area contributed by atoms with Gasteiger partial charge in [-0.3, -0.25) is 13.8 Å². The molecule has 0 radical (unpaired) electrons. The van der Waals surface area contributed by atoms with Crippen LogP contribution in [0.3, 0.4) is 0 Å². The molecule has 0 aliphatic carbocycles. The molecule has 0 amide bonds. The summed E-state index contributed by atoms with van der Waals surface area (Å²) in [7, 11) is -4.27. The Balaban J connectivity index is 3.93. The lowest BCUT2D eigenvalue weighted by atomic mass is 10.0. The lowest BCUT2D eigenvalue weighted by molar-refractivity contribution is -0.154. The number of rotatable bonds is 45. The van der Waals surface area contributed by atoms with Crippen LogP contribution in [0, 0.1) is 0 Å². The molecule has 0 rings (SSSR count). The van der Waals surface area contributed by atoms with Gasteiger partial charge in [-0.25, -0.2) is 4.57 Å². The van der Waals surface area contributed by atoms with Gasteiger partial charge in [0.1, 0.15) is 6.10 Å². The summed E-state index contributed by atoms with van der Waals surface area (Å²) < 4.78 is 33.5. The highest BCUT2D eigenvalue weighted by Gasteiger charge is 2.25. The molecule has 0 saturated carbocycles. The third-order valence-electron chi connectivity index (χ3n) is 10.2. The van der Waals surface area contributed by atoms with Gasteiger partial charge in [-0.1, -0.05) is 199 Å². The van der Waals surface area contributed by atoms with Crippen molar-refractivity contribution in [2.45, 2.75) is 238 Å². The summed E-state index contributed by atoms with van der Waals surface area (Å²) in [6.45, 7) is 4.94. The Hall–Kier alpha value is -0.760. The molecule has 0 bridgehead atoms. The quantitative estimate of drug-likeness (QED) is 0.0271. The molecule has 2 atom stereocenters. The van der Waals surface area contributed by atoms with E-state index in [1.165, 1.54) is 180 Å². The highest BCUT2D eigenvalue weighted by Crippen LogP contribution is 2.43. The van der Waals surface area contributed by atoms with Crippen LogP contribution in [0.4, 0.5) is 0 Å². The molecule has 0 saturated heterocycles. The standard InChI is InChI=1S/C45H90NO7P/c1-3-5-7-9-11-13-15-17-19-20-21-22-23-24-25-26-28-30-32-34-36-38-45(47)53-44(43-52-54(48,49)51-41-39-46)42-50-40-37-35-33-31-29-27-18-16-14-12-10-8-6-4-2/h14,16,44H,3-13,15,17-43,46H2,1-2H3,(H,48,49)/b16-14-. The van der Waals surface area contributed by atoms with E-state index in [-0.39, 0.29) is 32.3 Å². The number of nitrogens with two attached hydrogens (primary N) is 1. The van der Waals surface area contributed by atoms with Crippen LogP contribution in [0.2, 0.25) is 0 Å². The van der Waals surface area contributed by atoms with Crippen LogP contribution in [0.15, 0.2) is 12.2 Å². The summed E-state index contributed by atoms with van der Waals surface area (Å²) in [4.78, 5) is 22.5. The molecule has 54 heavy (non-hydrogen) atoms. The smallest absolute Gasteiger partial charge is 0.457 e. The van der Waals surface area contributed by atoms with Crippen molar-refractivity contribution in [1.82, 2.24) is 0 Å². The third-order valence-corrected chi connectivity index (χ3v) is 11.2. The molecule has 0 spiro atoms. The van der Waals surface area contributed by atoms with Gasteiger partial charge in [0.15, 0.2) is 0 Å². The molecule has 322 valence electrons. The van der Waals surface area contributed by atoms with Crippen LogP contribution in [-0.2, 0) is 27.9 Å². The number of phosphoric acid groups is 1. The van der Waals surface area contributed by atoms with Gasteiger partial charge in [0.05, 0.1) is 19.8 Å². The number of carbonyl (C=O) groups is 1. The Morgan fingerprint density at radius 2 is 0.926 bits per heavy atom. The van der Waals surface area contributed by atoms with Crippen molar-refractivity contribution in [3.63, 3.8) is 0 Å². The van der Waals surface area contributed by atoms with Crippen molar-refractivity contribution in [1.29, 1.82) is 0 Å². The second-order valence-corrected chi connectivity index (χ2v) is 17.1. The predicted molar refractivity (Wildman–Crippen MR) is 229 cm³/mol. The summed E-state index contributed by atoms with van der Waals surface area (Å²) in [5.41, 5.74) is 5.37. The number of ether oxygens (including phenoxy) is 2. The van der Waals surface area contributed by atoms with Crippen LogP contribution in [0.25, 0.3) is 0 Å². The first-order valence-electron chi connectivity index (χ1n) is 23.2. The van der Waals surface area contributed by atoms with E-state index in [0.29, 0.717) is 13.0 Å². The zero-order chi connectivity index (χ0) is 39.5. The molecule has 0 aromatic carbocycles. The van der Waals surface area contributed by atoms with E-state index in [2.05, 4.69) is 26.0 Å². The lowest BCUT2D eigenvalue weighted by Gasteiger charge is -2.20. The number of esters is 1. The van der Waals surface area contributed by atoms with Gasteiger partial charge in [-0.15, -0.1) is 0 Å². The van der Waals surface area contributed by atoms with Crippen molar-refractivity contribution in [2.24, 2.45) is 5.73 Å². The van der Waals surface area contributed by atoms with Crippen LogP contribution in [0.5, 0.6) is 0 Å². The topological polar surface area (TPSA) is 117 Å². The molecular formula is C45H90NO7P. The molecule has 0 fully saturated rings. The summed E-state index contributed by atoms with van der Waals surface area (Å²) in [5, 5.41) is 0. The molecule has 0 aromatic heterocycles. The van der Waals surface area contributed by atoms with E-state index < -0.39 is 13.9 Å². The Labute approximate surface area is 334 Å². The minimum absolute atomic E-state index is 0.0932. The van der Waals surface area contributed by atoms with Gasteiger partial charge < -0.3 is 20.1 Å². The second-order valence-electron chi connectivity index (χ2n) is 15.6. The maximum absolute atomic E-state index is 12.6. The maximum Gasteiger partial charge on any atom is 0.472 e. The molecule has 2 unspecified atom stereocenters. The summed E-state index contributed by atoms with van der Waals surface area (Å²) >= 11 is 0. The Morgan fingerprint density at radius 3 is 1.37 bits per heavy atom. The van der Waals surface area contributed by atoms with E-state index in [0.717, 1.165) is 32.1 Å². The highest BCUT2D eigenvalue weighted by molar-refractivity contribution is 7.47. The zero-order valence-corrected chi connectivity index (χ0v) is 36.6. The fraction of sp³-hybridized carbons (Fsp3) is 0.933. The fourth-order valence-corrected chi connectivity index (χ4v) is 7.52. The largest absolute Gasteiger partial charge is 0.472 e. The van der Waals surface area contributed by atoms with E-state index in [9.17, 15) is 14.3 Å². The number of allylic oxidation sites excluding steroid dienone is 2. The van der Waals surface area contributed by atoms with E-state index in [1.807, 2.05) is 0 Å². The average molecular weight is 788 g/mol. The van der Waals surface area contributed by atoms with Crippen molar-refractivity contribution < 1.29 is 32.8 Å². The Morgan fingerprint density at radius 1 is 0.537 bits per heavy atom. The fourth-order valence-electron chi connectivity index (χ4n) is 6.76. The monoisotopic (exact) mass is 788 g/mol. The van der Waals surface area contributed by atoms with E-state index in [1.54, 1.807) is 0 Å². The van der Waals surface area contributed by atoms with Crippen LogP contribution >= 0.6 is 7.82 Å². The predicted octanol–water partition coefficient (Wildman–Crippen LogP) is 13.9. The van der Waals surface area contributed by atoms with Gasteiger partial charge in [0.25, 0.3) is 0 Å². The minimum atomic E-state index is -4.27. The molecule has 0 heterocycles. The molecular weight excluding hydrogens is 697 g/mol. The number of hydrogen-bond acceptors (Lipinski definition) is 7. The number of phosphoric ester groups is 1. The van der Waals surface area contributed by atoms with Crippen molar-refractivity contribution in [3.8, 4) is 0 Å². The van der Waals surface area contributed by atoms with Crippen molar-refractivity contribution in [2.75, 3.05) is 33.0 Å². The highest BCUT2D eigenvalue weighted by atomic mass is 31.2. The van der Waals surface area contributed by atoms with Crippen molar-refractivity contribution >= 4 is 13.8 Å². The molecule has 0 aliphatic rings. The Kier molecular flexibility index (Phi) is 42.8. The number of unbranched alkanes of at least 4 members (excludes halogenated alkanes) is 30. The molecule has 0 aliphatic heterocycles. The average Bonchev–Trinajstić information content (AvgIpc) is 3.16. The lowest BCUT2D eigenvalue weighted by Crippen LogP contribution is -2.28. The number of carbonyl (C=O) groups excluding carboxylic acids is 1. The third kappa shape index (κ3) is 42.4. The van der Waals surface area contributed by atoms with Crippen molar-refractivity contribution in [3.05, 3.63) is 12.2 Å². The number of hydrogen-bond donors (Lipinski definition) is 2. The molecule has 8 nitrogen and oxygen atoms in total. The van der Waals surface area contributed by atoms with Gasteiger partial charge in [-0.05, 0) is 38.5 Å². The zero-order valence-electron chi connectivity index (χ0n) is 35.7. The van der Waals surface area contributed by atoms with Crippen LogP contribution in [-0.4, -0.2) is 49.9 Å². The molecule has 3 N–H and O–H groups in total. The summed E-state index contributed by atoms with van der Waals surface area (Å²) in [5.74, 6) is -0.327. The molecule has 0 aromatic rings. The SMILES string of the molecule is CCCCCC/C=C\CCCCCCCCOCC(COP(=O)(O)OCCN)OC(=O)CCCCCCCCCCCCCCCCCCCCCCC. The summed E-state index contributed by atoms with van der Waals surface area (Å²) in [6, 6.07) is 0.